The van der Waals surface area contributed by atoms with Gasteiger partial charge in [-0.3, -0.25) is 4.68 Å². The van der Waals surface area contributed by atoms with Crippen LogP contribution in [-0.4, -0.2) is 21.5 Å². The normalized spacial score (nSPS) is 12.8. The number of benzene rings is 1. The van der Waals surface area contributed by atoms with E-state index in [1.54, 1.807) is 0 Å². The minimum Gasteiger partial charge on any atom is -0.396 e. The lowest BCUT2D eigenvalue weighted by molar-refractivity contribution is 0.224. The number of nitrogens with zero attached hydrogens (tertiary/aromatic N) is 2. The molecule has 3 nitrogen and oxygen atoms in total. The minimum absolute atomic E-state index is 0.182. The highest BCUT2D eigenvalue weighted by Crippen LogP contribution is 2.18. The number of hydrogen-bond donors (Lipinski definition) is 1. The van der Waals surface area contributed by atoms with Crippen molar-refractivity contribution >= 4 is 15.9 Å². The summed E-state index contributed by atoms with van der Waals surface area (Å²) >= 11 is 3.48. The van der Waals surface area contributed by atoms with E-state index in [0.717, 1.165) is 23.0 Å². The van der Waals surface area contributed by atoms with Crippen molar-refractivity contribution in [2.45, 2.75) is 32.7 Å². The fourth-order valence-corrected chi connectivity index (χ4v) is 2.71. The monoisotopic (exact) mass is 336 g/mol. The molecule has 0 radical (unpaired) electrons. The van der Waals surface area contributed by atoms with E-state index in [1.165, 1.54) is 5.56 Å². The van der Waals surface area contributed by atoms with Crippen molar-refractivity contribution in [1.82, 2.24) is 9.78 Å². The Morgan fingerprint density at radius 3 is 2.65 bits per heavy atom. The lowest BCUT2D eigenvalue weighted by Crippen LogP contribution is -2.14. The maximum atomic E-state index is 9.59. The molecule has 1 N–H and O–H groups in total. The summed E-state index contributed by atoms with van der Waals surface area (Å²) < 4.78 is 3.04. The van der Waals surface area contributed by atoms with E-state index in [-0.39, 0.29) is 12.5 Å². The van der Waals surface area contributed by atoms with Gasteiger partial charge >= 0.3 is 0 Å². The molecule has 2 aromatic rings. The van der Waals surface area contributed by atoms with Gasteiger partial charge in [-0.15, -0.1) is 0 Å². The van der Waals surface area contributed by atoms with Gasteiger partial charge in [-0.2, -0.15) is 5.10 Å². The van der Waals surface area contributed by atoms with Crippen LogP contribution in [0.25, 0.3) is 0 Å². The Morgan fingerprint density at radius 1 is 1.25 bits per heavy atom. The van der Waals surface area contributed by atoms with E-state index in [0.29, 0.717) is 6.04 Å². The summed E-state index contributed by atoms with van der Waals surface area (Å²) in [4.78, 5) is 0. The molecule has 4 heteroatoms. The Balaban J connectivity index is 2.01. The molecule has 0 aliphatic heterocycles. The molecule has 1 aromatic carbocycles. The first-order valence-electron chi connectivity index (χ1n) is 6.98. The van der Waals surface area contributed by atoms with Crippen LogP contribution >= 0.6 is 15.9 Å². The summed E-state index contributed by atoms with van der Waals surface area (Å²) in [6.45, 7) is 4.41. The fourth-order valence-electron chi connectivity index (χ4n) is 2.27. The molecule has 1 atom stereocenters. The molecule has 0 spiro atoms. The van der Waals surface area contributed by atoms with E-state index in [1.807, 2.05) is 29.1 Å². The highest BCUT2D eigenvalue weighted by atomic mass is 79.9. The molecule has 0 saturated carbocycles. The van der Waals surface area contributed by atoms with Crippen molar-refractivity contribution in [3.8, 4) is 0 Å². The summed E-state index contributed by atoms with van der Waals surface area (Å²) in [6.07, 6.45) is 3.68. The summed E-state index contributed by atoms with van der Waals surface area (Å²) in [6, 6.07) is 10.7. The molecule has 108 valence electrons. The van der Waals surface area contributed by atoms with E-state index >= 15 is 0 Å². The maximum Gasteiger partial charge on any atom is 0.0628 e. The predicted molar refractivity (Wildman–Crippen MR) is 84.7 cm³/mol. The molecule has 0 aliphatic carbocycles. The second-order valence-electron chi connectivity index (χ2n) is 5.47. The first-order valence-corrected chi connectivity index (χ1v) is 7.77. The van der Waals surface area contributed by atoms with Gasteiger partial charge in [0, 0.05) is 23.3 Å². The molecule has 0 fully saturated rings. The highest BCUT2D eigenvalue weighted by Gasteiger charge is 2.12. The van der Waals surface area contributed by atoms with E-state index in [9.17, 15) is 5.11 Å². The summed E-state index contributed by atoms with van der Waals surface area (Å²) in [5, 5.41) is 14.1. The van der Waals surface area contributed by atoms with Crippen molar-refractivity contribution in [2.24, 2.45) is 5.92 Å². The summed E-state index contributed by atoms with van der Waals surface area (Å²) in [5.74, 6) is 0.208. The van der Waals surface area contributed by atoms with E-state index in [2.05, 4.69) is 47.0 Å². The van der Waals surface area contributed by atoms with Gasteiger partial charge in [0.1, 0.15) is 0 Å². The zero-order chi connectivity index (χ0) is 14.5. The molecule has 0 bridgehead atoms. The van der Waals surface area contributed by atoms with Crippen LogP contribution in [0.3, 0.4) is 0 Å². The van der Waals surface area contributed by atoms with Crippen LogP contribution in [-0.2, 0) is 12.8 Å². The van der Waals surface area contributed by atoms with Crippen LogP contribution in [0.15, 0.2) is 41.0 Å². The number of aliphatic hydroxyl groups excluding tert-OH is 1. The SMILES string of the molecule is CC(C)n1ccc(CC(CO)Cc2cccc(Br)c2)n1. The smallest absolute Gasteiger partial charge is 0.0628 e. The van der Waals surface area contributed by atoms with Crippen molar-refractivity contribution in [2.75, 3.05) is 6.61 Å². The second kappa shape index (κ2) is 7.04. The van der Waals surface area contributed by atoms with Gasteiger partial charge in [-0.05, 0) is 56.4 Å². The first-order chi connectivity index (χ1) is 9.58. The highest BCUT2D eigenvalue weighted by molar-refractivity contribution is 9.10. The van der Waals surface area contributed by atoms with E-state index < -0.39 is 0 Å². The largest absolute Gasteiger partial charge is 0.396 e. The van der Waals surface area contributed by atoms with Crippen LogP contribution < -0.4 is 0 Å². The molecular formula is C16H21BrN2O. The van der Waals surface area contributed by atoms with Gasteiger partial charge in [-0.25, -0.2) is 0 Å². The Morgan fingerprint density at radius 2 is 2.05 bits per heavy atom. The molecule has 1 aromatic heterocycles. The third-order valence-electron chi connectivity index (χ3n) is 3.36. The van der Waals surface area contributed by atoms with E-state index in [4.69, 9.17) is 0 Å². The zero-order valence-electron chi connectivity index (χ0n) is 12.0. The van der Waals surface area contributed by atoms with Gasteiger partial charge in [0.05, 0.1) is 5.69 Å². The lowest BCUT2D eigenvalue weighted by Gasteiger charge is -2.13. The van der Waals surface area contributed by atoms with Crippen molar-refractivity contribution < 1.29 is 5.11 Å². The number of rotatable bonds is 6. The standard InChI is InChI=1S/C16H21BrN2O/c1-12(2)19-7-6-16(18-19)10-14(11-20)8-13-4-3-5-15(17)9-13/h3-7,9,12,14,20H,8,10-11H2,1-2H3. The van der Waals surface area contributed by atoms with Crippen LogP contribution in [0.2, 0.25) is 0 Å². The Hall–Kier alpha value is -1.13. The minimum atomic E-state index is 0.182. The lowest BCUT2D eigenvalue weighted by atomic mass is 9.96. The number of halogens is 1. The number of aliphatic hydroxyl groups is 1. The fraction of sp³-hybridized carbons (Fsp3) is 0.438. The molecular weight excluding hydrogens is 316 g/mol. The van der Waals surface area contributed by atoms with Gasteiger partial charge in [0.25, 0.3) is 0 Å². The van der Waals surface area contributed by atoms with Crippen molar-refractivity contribution in [1.29, 1.82) is 0 Å². The van der Waals surface area contributed by atoms with Gasteiger partial charge in [-0.1, -0.05) is 28.1 Å². The van der Waals surface area contributed by atoms with Crippen molar-refractivity contribution in [3.63, 3.8) is 0 Å². The third-order valence-corrected chi connectivity index (χ3v) is 3.86. The van der Waals surface area contributed by atoms with Crippen molar-refractivity contribution in [3.05, 3.63) is 52.3 Å². The molecule has 2 rings (SSSR count). The molecule has 20 heavy (non-hydrogen) atoms. The van der Waals surface area contributed by atoms with Crippen LogP contribution in [0.1, 0.15) is 31.1 Å². The molecule has 0 aliphatic rings. The number of hydrogen-bond acceptors (Lipinski definition) is 2. The third kappa shape index (κ3) is 4.18. The molecule has 1 heterocycles. The average Bonchev–Trinajstić information content (AvgIpc) is 2.87. The summed E-state index contributed by atoms with van der Waals surface area (Å²) in [7, 11) is 0. The average molecular weight is 337 g/mol. The Labute approximate surface area is 128 Å². The predicted octanol–water partition coefficient (Wildman–Crippen LogP) is 3.62. The van der Waals surface area contributed by atoms with Crippen LogP contribution in [0.5, 0.6) is 0 Å². The summed E-state index contributed by atoms with van der Waals surface area (Å²) in [5.41, 5.74) is 2.29. The molecule has 0 amide bonds. The Bertz CT molecular complexity index is 551. The number of aromatic nitrogens is 2. The van der Waals surface area contributed by atoms with Crippen LogP contribution in [0, 0.1) is 5.92 Å². The first kappa shape index (κ1) is 15.3. The second-order valence-corrected chi connectivity index (χ2v) is 6.38. The zero-order valence-corrected chi connectivity index (χ0v) is 13.5. The van der Waals surface area contributed by atoms with Gasteiger partial charge in [0.2, 0.25) is 0 Å². The van der Waals surface area contributed by atoms with Gasteiger partial charge < -0.3 is 5.11 Å². The molecule has 1 unspecified atom stereocenters. The van der Waals surface area contributed by atoms with Gasteiger partial charge in [0.15, 0.2) is 0 Å². The maximum absolute atomic E-state index is 9.59. The van der Waals surface area contributed by atoms with Crippen LogP contribution in [0.4, 0.5) is 0 Å². The Kier molecular flexibility index (Phi) is 5.38. The molecule has 0 saturated heterocycles. The topological polar surface area (TPSA) is 38.0 Å². The quantitative estimate of drug-likeness (QED) is 0.874.